The molecule has 0 amide bonds. The third-order valence-electron chi connectivity index (χ3n) is 7.81. The second-order valence-electron chi connectivity index (χ2n) is 10.8. The van der Waals surface area contributed by atoms with Crippen molar-refractivity contribution >= 4 is 21.7 Å². The maximum Gasteiger partial charge on any atom is 0.344 e. The Morgan fingerprint density at radius 3 is 1.87 bits per heavy atom. The average molecular weight is 515 g/mol. The first-order valence-corrected chi connectivity index (χ1v) is 14.9. The fourth-order valence-corrected chi connectivity index (χ4v) is 5.45. The van der Waals surface area contributed by atoms with Crippen molar-refractivity contribution in [2.24, 2.45) is 0 Å². The normalized spacial score (nSPS) is 11.6. The highest BCUT2D eigenvalue weighted by atomic mass is 19.1. The first-order valence-electron chi connectivity index (χ1n) is 14.9. The van der Waals surface area contributed by atoms with Gasteiger partial charge in [-0.3, -0.25) is 0 Å². The fraction of sp³-hybridized carbons (Fsp3) is 0.457. The zero-order chi connectivity index (χ0) is 26.7. The molecule has 38 heavy (non-hydrogen) atoms. The summed E-state index contributed by atoms with van der Waals surface area (Å²) < 4.78 is 20.9. The molecule has 4 aromatic rings. The van der Waals surface area contributed by atoms with Crippen molar-refractivity contribution in [3.63, 3.8) is 0 Å². The molecule has 0 radical (unpaired) electrons. The third-order valence-corrected chi connectivity index (χ3v) is 7.81. The summed E-state index contributed by atoms with van der Waals surface area (Å²) in [7, 11) is 0. The molecule has 0 aliphatic carbocycles. The van der Waals surface area contributed by atoms with E-state index in [1.807, 2.05) is 30.3 Å². The van der Waals surface area contributed by atoms with Gasteiger partial charge in [0.05, 0.1) is 5.39 Å². The van der Waals surface area contributed by atoms with Gasteiger partial charge < -0.3 is 4.42 Å². The lowest BCUT2D eigenvalue weighted by molar-refractivity contribution is 0.521. The molecule has 3 aromatic carbocycles. The van der Waals surface area contributed by atoms with Crippen LogP contribution in [0.4, 0.5) is 4.39 Å². The lowest BCUT2D eigenvalue weighted by Gasteiger charge is -2.10. The van der Waals surface area contributed by atoms with Crippen molar-refractivity contribution in [2.75, 3.05) is 0 Å². The molecule has 3 heteroatoms. The zero-order valence-corrected chi connectivity index (χ0v) is 23.3. The number of halogens is 1. The Bertz CT molecular complexity index is 1370. The fourth-order valence-electron chi connectivity index (χ4n) is 5.45. The summed E-state index contributed by atoms with van der Waals surface area (Å²) in [5, 5.41) is 1.89. The van der Waals surface area contributed by atoms with E-state index in [4.69, 9.17) is 4.42 Å². The third kappa shape index (κ3) is 7.12. The number of rotatable bonds is 15. The molecule has 1 aromatic heterocycles. The van der Waals surface area contributed by atoms with Crippen molar-refractivity contribution in [1.82, 2.24) is 0 Å². The molecule has 0 aliphatic rings. The quantitative estimate of drug-likeness (QED) is 0.0897. The van der Waals surface area contributed by atoms with E-state index in [-0.39, 0.29) is 11.4 Å². The summed E-state index contributed by atoms with van der Waals surface area (Å²) >= 11 is 0. The standard InChI is InChI=1S/C35H43FO2/c1-3-5-7-9-10-12-14-16-28-21-24-31-30-23-22-29(25-32(30)35(37)38-34(31)33(28)36)27-19-17-26(18-20-27)15-13-11-8-6-4-2/h17-25H,3-16H2,1-2H3. The first-order chi connectivity index (χ1) is 18.6. The van der Waals surface area contributed by atoms with Crippen LogP contribution in [-0.4, -0.2) is 0 Å². The zero-order valence-electron chi connectivity index (χ0n) is 23.3. The average Bonchev–Trinajstić information content (AvgIpc) is 2.94. The Morgan fingerprint density at radius 2 is 1.18 bits per heavy atom. The van der Waals surface area contributed by atoms with Crippen LogP contribution in [0.15, 0.2) is 63.8 Å². The topological polar surface area (TPSA) is 30.2 Å². The minimum Gasteiger partial charge on any atom is -0.419 e. The van der Waals surface area contributed by atoms with Gasteiger partial charge in [-0.15, -0.1) is 0 Å². The van der Waals surface area contributed by atoms with Gasteiger partial charge in [-0.1, -0.05) is 127 Å². The molecule has 0 fully saturated rings. The summed E-state index contributed by atoms with van der Waals surface area (Å²) in [4.78, 5) is 12.9. The van der Waals surface area contributed by atoms with E-state index in [1.165, 1.54) is 69.8 Å². The van der Waals surface area contributed by atoms with Crippen molar-refractivity contribution < 1.29 is 8.81 Å². The van der Waals surface area contributed by atoms with Crippen LogP contribution in [-0.2, 0) is 12.8 Å². The lowest BCUT2D eigenvalue weighted by atomic mass is 9.97. The van der Waals surface area contributed by atoms with Crippen LogP contribution in [0.25, 0.3) is 32.9 Å². The molecule has 0 spiro atoms. The maximum absolute atomic E-state index is 15.4. The van der Waals surface area contributed by atoms with E-state index in [0.29, 0.717) is 22.8 Å². The van der Waals surface area contributed by atoms with Gasteiger partial charge in [0.1, 0.15) is 0 Å². The molecule has 2 nitrogen and oxygen atoms in total. The van der Waals surface area contributed by atoms with Gasteiger partial charge in [0.15, 0.2) is 11.4 Å². The Morgan fingerprint density at radius 1 is 0.605 bits per heavy atom. The van der Waals surface area contributed by atoms with Crippen LogP contribution >= 0.6 is 0 Å². The Kier molecular flexibility index (Phi) is 10.6. The van der Waals surface area contributed by atoms with Crippen LogP contribution in [0.1, 0.15) is 102 Å². The summed E-state index contributed by atoms with van der Waals surface area (Å²) in [5.41, 5.74) is 3.62. The van der Waals surface area contributed by atoms with Gasteiger partial charge in [-0.05, 0) is 54.0 Å². The molecular weight excluding hydrogens is 471 g/mol. The number of unbranched alkanes of at least 4 members (excludes halogenated alkanes) is 10. The molecule has 202 valence electrons. The second kappa shape index (κ2) is 14.3. The van der Waals surface area contributed by atoms with Crippen molar-refractivity contribution in [1.29, 1.82) is 0 Å². The lowest BCUT2D eigenvalue weighted by Crippen LogP contribution is -2.03. The molecule has 4 rings (SSSR count). The highest BCUT2D eigenvalue weighted by Crippen LogP contribution is 2.30. The van der Waals surface area contributed by atoms with Crippen molar-refractivity contribution in [3.05, 3.63) is 82.0 Å². The molecule has 0 unspecified atom stereocenters. The molecule has 0 saturated heterocycles. The van der Waals surface area contributed by atoms with E-state index in [1.54, 1.807) is 0 Å². The van der Waals surface area contributed by atoms with Crippen LogP contribution in [0.5, 0.6) is 0 Å². The number of hydrogen-bond acceptors (Lipinski definition) is 2. The number of aryl methyl sites for hydroxylation is 2. The molecule has 0 N–H and O–H groups in total. The summed E-state index contributed by atoms with van der Waals surface area (Å²) in [6, 6.07) is 18.2. The van der Waals surface area contributed by atoms with Gasteiger partial charge in [0.25, 0.3) is 0 Å². The van der Waals surface area contributed by atoms with Crippen LogP contribution in [0.2, 0.25) is 0 Å². The molecular formula is C35H43FO2. The monoisotopic (exact) mass is 514 g/mol. The number of fused-ring (bicyclic) bond motifs is 3. The molecule has 1 heterocycles. The molecule has 0 saturated carbocycles. The molecule has 0 aliphatic heterocycles. The van der Waals surface area contributed by atoms with E-state index in [2.05, 4.69) is 38.1 Å². The van der Waals surface area contributed by atoms with Gasteiger partial charge in [0, 0.05) is 10.8 Å². The minimum atomic E-state index is -0.481. The maximum atomic E-state index is 15.4. The van der Waals surface area contributed by atoms with Crippen molar-refractivity contribution in [2.45, 2.75) is 104 Å². The highest BCUT2D eigenvalue weighted by Gasteiger charge is 2.15. The van der Waals surface area contributed by atoms with Gasteiger partial charge >= 0.3 is 5.63 Å². The smallest absolute Gasteiger partial charge is 0.344 e. The van der Waals surface area contributed by atoms with E-state index < -0.39 is 5.63 Å². The Hall–Kier alpha value is -2.94. The summed E-state index contributed by atoms with van der Waals surface area (Å²) in [5.74, 6) is -0.387. The second-order valence-corrected chi connectivity index (χ2v) is 10.8. The van der Waals surface area contributed by atoms with E-state index in [0.717, 1.165) is 35.8 Å². The first kappa shape index (κ1) is 28.1. The van der Waals surface area contributed by atoms with Gasteiger partial charge in [-0.25, -0.2) is 9.18 Å². The molecule has 0 bridgehead atoms. The minimum absolute atomic E-state index is 0.0824. The van der Waals surface area contributed by atoms with Crippen molar-refractivity contribution in [3.8, 4) is 11.1 Å². The van der Waals surface area contributed by atoms with E-state index in [9.17, 15) is 4.79 Å². The Labute approximate surface area is 227 Å². The van der Waals surface area contributed by atoms with Gasteiger partial charge in [0.2, 0.25) is 0 Å². The summed E-state index contributed by atoms with van der Waals surface area (Å²) in [6.45, 7) is 4.46. The highest BCUT2D eigenvalue weighted by molar-refractivity contribution is 6.05. The predicted molar refractivity (Wildman–Crippen MR) is 160 cm³/mol. The number of hydrogen-bond donors (Lipinski definition) is 0. The SMILES string of the molecule is CCCCCCCCCc1ccc2c(oc(=O)c3cc(-c4ccc(CCCCCCC)cc4)ccc32)c1F. The van der Waals surface area contributed by atoms with Crippen LogP contribution in [0.3, 0.4) is 0 Å². The largest absolute Gasteiger partial charge is 0.419 e. The van der Waals surface area contributed by atoms with Crippen LogP contribution < -0.4 is 5.63 Å². The predicted octanol–water partition coefficient (Wildman–Crippen LogP) is 10.6. The summed E-state index contributed by atoms with van der Waals surface area (Å²) in [6.07, 6.45) is 16.5. The van der Waals surface area contributed by atoms with E-state index >= 15 is 4.39 Å². The molecule has 0 atom stereocenters. The van der Waals surface area contributed by atoms with Gasteiger partial charge in [-0.2, -0.15) is 0 Å². The van der Waals surface area contributed by atoms with Crippen LogP contribution in [0, 0.1) is 5.82 Å². The Balaban J connectivity index is 1.47. The number of benzene rings is 3.